The Morgan fingerprint density at radius 3 is 2.35 bits per heavy atom. The monoisotopic (exact) mass is 334 g/mol. The van der Waals surface area contributed by atoms with Crippen molar-refractivity contribution in [2.45, 2.75) is 33.5 Å². The van der Waals surface area contributed by atoms with Crippen LogP contribution in [0.4, 0.5) is 0 Å². The molecule has 2 rings (SSSR count). The molecule has 106 valence electrons. The van der Waals surface area contributed by atoms with Crippen LogP contribution in [0.2, 0.25) is 0 Å². The van der Waals surface area contributed by atoms with Crippen molar-refractivity contribution in [1.82, 2.24) is 0 Å². The van der Waals surface area contributed by atoms with Crippen LogP contribution >= 0.6 is 15.9 Å². The molecular weight excluding hydrogens is 316 g/mol. The number of ether oxygens (including phenoxy) is 1. The number of hydrogen-bond acceptors (Lipinski definition) is 2. The van der Waals surface area contributed by atoms with Crippen LogP contribution in [0.25, 0.3) is 0 Å². The van der Waals surface area contributed by atoms with Gasteiger partial charge in [-0.05, 0) is 38.5 Å². The largest absolute Gasteiger partial charge is 0.488 e. The SMILES string of the molecule is Cc1cc(C)cc(COc2cc(Br)ccc2[C@@H](C)O)c1. The van der Waals surface area contributed by atoms with Crippen LogP contribution in [0.1, 0.15) is 35.3 Å². The zero-order valence-electron chi connectivity index (χ0n) is 12.0. The van der Waals surface area contributed by atoms with Gasteiger partial charge in [0.05, 0.1) is 6.10 Å². The molecule has 2 aromatic rings. The number of aryl methyl sites for hydroxylation is 2. The molecule has 0 unspecified atom stereocenters. The first kappa shape index (κ1) is 15.1. The topological polar surface area (TPSA) is 29.5 Å². The van der Waals surface area contributed by atoms with Crippen LogP contribution < -0.4 is 4.74 Å². The predicted octanol–water partition coefficient (Wildman–Crippen LogP) is 4.70. The smallest absolute Gasteiger partial charge is 0.126 e. The molecule has 0 amide bonds. The van der Waals surface area contributed by atoms with E-state index >= 15 is 0 Å². The van der Waals surface area contributed by atoms with Gasteiger partial charge in [-0.25, -0.2) is 0 Å². The Bertz CT molecular complexity index is 586. The maximum Gasteiger partial charge on any atom is 0.126 e. The summed E-state index contributed by atoms with van der Waals surface area (Å²) in [6.45, 7) is 6.40. The standard InChI is InChI=1S/C17H19BrO2/c1-11-6-12(2)8-14(7-11)10-20-17-9-15(18)4-5-16(17)13(3)19/h4-9,13,19H,10H2,1-3H3/t13-/m1/s1. The zero-order chi connectivity index (χ0) is 14.7. The highest BCUT2D eigenvalue weighted by atomic mass is 79.9. The number of hydrogen-bond donors (Lipinski definition) is 1. The van der Waals surface area contributed by atoms with Gasteiger partial charge in [-0.2, -0.15) is 0 Å². The van der Waals surface area contributed by atoms with Crippen LogP contribution in [-0.2, 0) is 6.61 Å². The van der Waals surface area contributed by atoms with E-state index in [9.17, 15) is 5.11 Å². The highest BCUT2D eigenvalue weighted by Crippen LogP contribution is 2.29. The third-order valence-electron chi connectivity index (χ3n) is 3.10. The molecule has 1 N–H and O–H groups in total. The molecule has 2 nitrogen and oxygen atoms in total. The minimum atomic E-state index is -0.544. The highest BCUT2D eigenvalue weighted by molar-refractivity contribution is 9.10. The summed E-state index contributed by atoms with van der Waals surface area (Å²) >= 11 is 3.43. The van der Waals surface area contributed by atoms with Gasteiger partial charge < -0.3 is 9.84 Å². The van der Waals surface area contributed by atoms with Crippen LogP contribution in [0, 0.1) is 13.8 Å². The fourth-order valence-corrected chi connectivity index (χ4v) is 2.63. The summed E-state index contributed by atoms with van der Waals surface area (Å²) in [5.74, 6) is 0.716. The summed E-state index contributed by atoms with van der Waals surface area (Å²) in [6.07, 6.45) is -0.544. The predicted molar refractivity (Wildman–Crippen MR) is 85.0 cm³/mol. The highest BCUT2D eigenvalue weighted by Gasteiger charge is 2.10. The Morgan fingerprint density at radius 1 is 1.10 bits per heavy atom. The molecule has 3 heteroatoms. The Labute approximate surface area is 128 Å². The number of benzene rings is 2. The lowest BCUT2D eigenvalue weighted by molar-refractivity contribution is 0.190. The van der Waals surface area contributed by atoms with E-state index in [4.69, 9.17) is 4.74 Å². The molecule has 0 spiro atoms. The quantitative estimate of drug-likeness (QED) is 0.878. The molecular formula is C17H19BrO2. The Balaban J connectivity index is 2.20. The summed E-state index contributed by atoms with van der Waals surface area (Å²) < 4.78 is 6.83. The van der Waals surface area contributed by atoms with Gasteiger partial charge >= 0.3 is 0 Å². The third-order valence-corrected chi connectivity index (χ3v) is 3.59. The van der Waals surface area contributed by atoms with Crippen molar-refractivity contribution in [3.8, 4) is 5.75 Å². The Hall–Kier alpha value is -1.32. The van der Waals surface area contributed by atoms with Gasteiger partial charge in [-0.3, -0.25) is 0 Å². The van der Waals surface area contributed by atoms with Crippen molar-refractivity contribution >= 4 is 15.9 Å². The second-order valence-corrected chi connectivity index (χ2v) is 6.06. The molecule has 20 heavy (non-hydrogen) atoms. The van der Waals surface area contributed by atoms with Crippen molar-refractivity contribution in [3.63, 3.8) is 0 Å². The van der Waals surface area contributed by atoms with Gasteiger partial charge in [0, 0.05) is 10.0 Å². The van der Waals surface area contributed by atoms with E-state index in [0.29, 0.717) is 12.4 Å². The van der Waals surface area contributed by atoms with Crippen molar-refractivity contribution < 1.29 is 9.84 Å². The fourth-order valence-electron chi connectivity index (χ4n) is 2.29. The van der Waals surface area contributed by atoms with E-state index in [2.05, 4.69) is 48.0 Å². The van der Waals surface area contributed by atoms with Gasteiger partial charge in [0.1, 0.15) is 12.4 Å². The minimum absolute atomic E-state index is 0.499. The lowest BCUT2D eigenvalue weighted by atomic mass is 10.1. The minimum Gasteiger partial charge on any atom is -0.488 e. The van der Waals surface area contributed by atoms with E-state index in [0.717, 1.165) is 15.6 Å². The van der Waals surface area contributed by atoms with E-state index in [1.165, 1.54) is 11.1 Å². The van der Waals surface area contributed by atoms with Crippen molar-refractivity contribution in [2.75, 3.05) is 0 Å². The van der Waals surface area contributed by atoms with Gasteiger partial charge in [-0.15, -0.1) is 0 Å². The number of halogens is 1. The fraction of sp³-hybridized carbons (Fsp3) is 0.294. The maximum atomic E-state index is 9.79. The first-order valence-corrected chi connectivity index (χ1v) is 7.42. The first-order valence-electron chi connectivity index (χ1n) is 6.63. The summed E-state index contributed by atoms with van der Waals surface area (Å²) in [7, 11) is 0. The molecule has 0 bridgehead atoms. The molecule has 0 saturated heterocycles. The second-order valence-electron chi connectivity index (χ2n) is 5.14. The van der Waals surface area contributed by atoms with Crippen molar-refractivity contribution in [2.24, 2.45) is 0 Å². The van der Waals surface area contributed by atoms with Crippen molar-refractivity contribution in [1.29, 1.82) is 0 Å². The van der Waals surface area contributed by atoms with Crippen LogP contribution in [0.15, 0.2) is 40.9 Å². The van der Waals surface area contributed by atoms with Gasteiger partial charge in [-0.1, -0.05) is 51.3 Å². The van der Waals surface area contributed by atoms with Crippen LogP contribution in [-0.4, -0.2) is 5.11 Å². The molecule has 0 aliphatic heterocycles. The van der Waals surface area contributed by atoms with Gasteiger partial charge in [0.15, 0.2) is 0 Å². The normalized spacial score (nSPS) is 12.2. The summed E-state index contributed by atoms with van der Waals surface area (Å²) in [5, 5.41) is 9.79. The lowest BCUT2D eigenvalue weighted by Gasteiger charge is -2.14. The lowest BCUT2D eigenvalue weighted by Crippen LogP contribution is -2.01. The summed E-state index contributed by atoms with van der Waals surface area (Å²) in [5.41, 5.74) is 4.40. The number of rotatable bonds is 4. The van der Waals surface area contributed by atoms with Gasteiger partial charge in [0.2, 0.25) is 0 Å². The van der Waals surface area contributed by atoms with Crippen LogP contribution in [0.3, 0.4) is 0 Å². The summed E-state index contributed by atoms with van der Waals surface area (Å²) in [6, 6.07) is 12.1. The Morgan fingerprint density at radius 2 is 1.75 bits per heavy atom. The van der Waals surface area contributed by atoms with E-state index in [-0.39, 0.29) is 0 Å². The third kappa shape index (κ3) is 3.84. The van der Waals surface area contributed by atoms with Gasteiger partial charge in [0.25, 0.3) is 0 Å². The van der Waals surface area contributed by atoms with E-state index < -0.39 is 6.10 Å². The number of aliphatic hydroxyl groups is 1. The average molecular weight is 335 g/mol. The summed E-state index contributed by atoms with van der Waals surface area (Å²) in [4.78, 5) is 0. The second kappa shape index (κ2) is 6.42. The molecule has 0 heterocycles. The van der Waals surface area contributed by atoms with E-state index in [1.807, 2.05) is 18.2 Å². The molecule has 0 radical (unpaired) electrons. The zero-order valence-corrected chi connectivity index (χ0v) is 13.6. The Kier molecular flexibility index (Phi) is 4.84. The molecule has 2 aromatic carbocycles. The molecule has 0 aromatic heterocycles. The molecule has 0 aliphatic carbocycles. The molecule has 0 saturated carbocycles. The first-order chi connectivity index (χ1) is 9.45. The molecule has 1 atom stereocenters. The molecule has 0 aliphatic rings. The maximum absolute atomic E-state index is 9.79. The molecule has 0 fully saturated rings. The number of aliphatic hydroxyl groups excluding tert-OH is 1. The van der Waals surface area contributed by atoms with Crippen LogP contribution in [0.5, 0.6) is 5.75 Å². The average Bonchev–Trinajstić information content (AvgIpc) is 2.35. The van der Waals surface area contributed by atoms with E-state index in [1.54, 1.807) is 6.92 Å². The van der Waals surface area contributed by atoms with Crippen molar-refractivity contribution in [3.05, 3.63) is 63.1 Å².